The van der Waals surface area contributed by atoms with E-state index in [2.05, 4.69) is 10.3 Å². The Kier molecular flexibility index (Phi) is 5.59. The standard InChI is InChI=1S/C11H13NO2.C11H9NO2/c2*1-7-2-3-10-9(6-7)8(11(13)14)4-5-12-10/h2-3,6,8,12H,4-5H2,1H3,(H,13,14);2-6H,1H3,(H,13,14). The number of fused-ring (bicyclic) bond motifs is 2. The molecule has 0 bridgehead atoms. The molecule has 1 atom stereocenters. The average molecular weight is 378 g/mol. The van der Waals surface area contributed by atoms with Gasteiger partial charge in [-0.1, -0.05) is 29.3 Å². The average Bonchev–Trinajstić information content (AvgIpc) is 2.67. The number of anilines is 1. The first-order valence-corrected chi connectivity index (χ1v) is 9.02. The Labute approximate surface area is 162 Å². The zero-order valence-electron chi connectivity index (χ0n) is 15.8. The molecule has 3 aromatic rings. The smallest absolute Gasteiger partial charge is 0.336 e. The lowest BCUT2D eigenvalue weighted by Crippen LogP contribution is -2.22. The molecule has 0 spiro atoms. The number of carboxylic acid groups (broad SMARTS) is 2. The molecule has 144 valence electrons. The molecule has 1 aromatic heterocycles. The lowest BCUT2D eigenvalue weighted by atomic mass is 9.90. The maximum atomic E-state index is 11.0. The number of aromatic carboxylic acids is 1. The van der Waals surface area contributed by atoms with Gasteiger partial charge in [0.25, 0.3) is 0 Å². The highest BCUT2D eigenvalue weighted by atomic mass is 16.4. The molecular weight excluding hydrogens is 356 g/mol. The Balaban J connectivity index is 0.000000161. The first-order valence-electron chi connectivity index (χ1n) is 9.02. The Morgan fingerprint density at radius 1 is 1.04 bits per heavy atom. The van der Waals surface area contributed by atoms with E-state index in [9.17, 15) is 9.59 Å². The number of hydrogen-bond acceptors (Lipinski definition) is 4. The zero-order chi connectivity index (χ0) is 20.3. The second-order valence-electron chi connectivity index (χ2n) is 6.88. The number of nitrogens with zero attached hydrogens (tertiary/aromatic N) is 1. The molecule has 2 heterocycles. The van der Waals surface area contributed by atoms with Crippen molar-refractivity contribution < 1.29 is 19.8 Å². The van der Waals surface area contributed by atoms with E-state index in [1.165, 1.54) is 12.3 Å². The summed E-state index contributed by atoms with van der Waals surface area (Å²) in [6.45, 7) is 4.65. The van der Waals surface area contributed by atoms with Gasteiger partial charge in [-0.25, -0.2) is 4.79 Å². The van der Waals surface area contributed by atoms with Crippen LogP contribution in [-0.2, 0) is 4.79 Å². The summed E-state index contributed by atoms with van der Waals surface area (Å²) in [7, 11) is 0. The predicted molar refractivity (Wildman–Crippen MR) is 108 cm³/mol. The number of benzene rings is 2. The van der Waals surface area contributed by atoms with E-state index >= 15 is 0 Å². The fraction of sp³-hybridized carbons (Fsp3) is 0.227. The lowest BCUT2D eigenvalue weighted by molar-refractivity contribution is -0.138. The maximum absolute atomic E-state index is 11.0. The van der Waals surface area contributed by atoms with Gasteiger partial charge < -0.3 is 15.5 Å². The number of carboxylic acids is 2. The van der Waals surface area contributed by atoms with Crippen LogP contribution in [0.2, 0.25) is 0 Å². The molecule has 1 aliphatic rings. The molecule has 2 aromatic carbocycles. The number of aryl methyl sites for hydroxylation is 2. The summed E-state index contributed by atoms with van der Waals surface area (Å²) in [5.41, 5.74) is 5.05. The quantitative estimate of drug-likeness (QED) is 0.617. The summed E-state index contributed by atoms with van der Waals surface area (Å²) >= 11 is 0. The van der Waals surface area contributed by atoms with Gasteiger partial charge in [-0.2, -0.15) is 0 Å². The minimum absolute atomic E-state index is 0.304. The molecule has 4 rings (SSSR count). The number of aromatic nitrogens is 1. The highest BCUT2D eigenvalue weighted by Crippen LogP contribution is 2.32. The van der Waals surface area contributed by atoms with Crippen LogP contribution in [-0.4, -0.2) is 33.7 Å². The minimum atomic E-state index is -0.914. The Bertz CT molecular complexity index is 1050. The minimum Gasteiger partial charge on any atom is -0.481 e. The monoisotopic (exact) mass is 378 g/mol. The number of hydrogen-bond donors (Lipinski definition) is 3. The fourth-order valence-corrected chi connectivity index (χ4v) is 3.34. The van der Waals surface area contributed by atoms with Crippen LogP contribution in [0.5, 0.6) is 0 Å². The second-order valence-corrected chi connectivity index (χ2v) is 6.88. The molecule has 0 saturated heterocycles. The van der Waals surface area contributed by atoms with E-state index < -0.39 is 11.9 Å². The zero-order valence-corrected chi connectivity index (χ0v) is 15.8. The van der Waals surface area contributed by atoms with Gasteiger partial charge in [0.1, 0.15) is 0 Å². The molecule has 0 aliphatic carbocycles. The van der Waals surface area contributed by atoms with E-state index in [0.29, 0.717) is 17.4 Å². The predicted octanol–water partition coefficient (Wildman–Crippen LogP) is 4.22. The van der Waals surface area contributed by atoms with E-state index in [1.807, 2.05) is 50.2 Å². The molecule has 6 heteroatoms. The number of nitrogens with one attached hydrogen (secondary N) is 1. The van der Waals surface area contributed by atoms with Crippen LogP contribution in [0.15, 0.2) is 48.7 Å². The first kappa shape index (κ1) is 19.4. The summed E-state index contributed by atoms with van der Waals surface area (Å²) in [4.78, 5) is 26.0. The molecule has 6 nitrogen and oxygen atoms in total. The van der Waals surface area contributed by atoms with Crippen molar-refractivity contribution in [3.05, 3.63) is 70.9 Å². The normalized spacial score (nSPS) is 15.0. The molecule has 0 saturated carbocycles. The van der Waals surface area contributed by atoms with Crippen LogP contribution >= 0.6 is 0 Å². The number of pyridine rings is 1. The van der Waals surface area contributed by atoms with E-state index in [1.54, 1.807) is 0 Å². The van der Waals surface area contributed by atoms with Crippen molar-refractivity contribution in [1.82, 2.24) is 4.98 Å². The first-order chi connectivity index (χ1) is 13.4. The van der Waals surface area contributed by atoms with E-state index in [-0.39, 0.29) is 5.92 Å². The van der Waals surface area contributed by atoms with Crippen LogP contribution in [0.25, 0.3) is 10.9 Å². The highest BCUT2D eigenvalue weighted by molar-refractivity contribution is 6.02. The van der Waals surface area contributed by atoms with Gasteiger partial charge in [-0.15, -0.1) is 0 Å². The van der Waals surface area contributed by atoms with Crippen LogP contribution in [0.4, 0.5) is 5.69 Å². The topological polar surface area (TPSA) is 99.5 Å². The molecule has 0 amide bonds. The number of rotatable bonds is 2. The third-order valence-corrected chi connectivity index (χ3v) is 4.76. The third kappa shape index (κ3) is 4.11. The Hall–Kier alpha value is -3.41. The summed E-state index contributed by atoms with van der Waals surface area (Å²) in [5, 5.41) is 21.9. The van der Waals surface area contributed by atoms with Crippen LogP contribution in [0, 0.1) is 13.8 Å². The van der Waals surface area contributed by atoms with Crippen LogP contribution in [0.3, 0.4) is 0 Å². The van der Waals surface area contributed by atoms with Crippen molar-refractivity contribution in [2.24, 2.45) is 0 Å². The second kappa shape index (κ2) is 8.08. The molecule has 3 N–H and O–H groups in total. The van der Waals surface area contributed by atoms with Gasteiger partial charge >= 0.3 is 11.9 Å². The van der Waals surface area contributed by atoms with Crippen molar-refractivity contribution in [2.45, 2.75) is 26.2 Å². The van der Waals surface area contributed by atoms with Gasteiger partial charge in [-0.3, -0.25) is 9.78 Å². The van der Waals surface area contributed by atoms with Gasteiger partial charge in [0.15, 0.2) is 0 Å². The van der Waals surface area contributed by atoms with Gasteiger partial charge in [0, 0.05) is 23.8 Å². The van der Waals surface area contributed by atoms with Gasteiger partial charge in [-0.05, 0) is 50.1 Å². The lowest BCUT2D eigenvalue weighted by Gasteiger charge is -2.24. The van der Waals surface area contributed by atoms with Gasteiger partial charge in [0.2, 0.25) is 0 Å². The largest absolute Gasteiger partial charge is 0.481 e. The van der Waals surface area contributed by atoms with Crippen LogP contribution in [0.1, 0.15) is 39.4 Å². The fourth-order valence-electron chi connectivity index (χ4n) is 3.34. The summed E-state index contributed by atoms with van der Waals surface area (Å²) in [6.07, 6.45) is 2.19. The third-order valence-electron chi connectivity index (χ3n) is 4.76. The maximum Gasteiger partial charge on any atom is 0.336 e. The van der Waals surface area contributed by atoms with E-state index in [0.717, 1.165) is 34.4 Å². The molecule has 1 unspecified atom stereocenters. The van der Waals surface area contributed by atoms with Gasteiger partial charge in [0.05, 0.1) is 17.0 Å². The van der Waals surface area contributed by atoms with Crippen molar-refractivity contribution >= 4 is 28.5 Å². The van der Waals surface area contributed by atoms with Crippen molar-refractivity contribution in [3.8, 4) is 0 Å². The Morgan fingerprint density at radius 3 is 2.46 bits per heavy atom. The van der Waals surface area contributed by atoms with Crippen LogP contribution < -0.4 is 5.32 Å². The summed E-state index contributed by atoms with van der Waals surface area (Å²) in [6, 6.07) is 13.0. The van der Waals surface area contributed by atoms with Crippen molar-refractivity contribution in [3.63, 3.8) is 0 Å². The number of aliphatic carboxylic acids is 1. The molecular formula is C22H22N2O4. The summed E-state index contributed by atoms with van der Waals surface area (Å²) in [5.74, 6) is -1.98. The summed E-state index contributed by atoms with van der Waals surface area (Å²) < 4.78 is 0. The van der Waals surface area contributed by atoms with Crippen molar-refractivity contribution in [1.29, 1.82) is 0 Å². The molecule has 28 heavy (non-hydrogen) atoms. The molecule has 1 aliphatic heterocycles. The Morgan fingerprint density at radius 2 is 1.75 bits per heavy atom. The molecule has 0 radical (unpaired) electrons. The highest BCUT2D eigenvalue weighted by Gasteiger charge is 2.25. The molecule has 0 fully saturated rings. The van der Waals surface area contributed by atoms with E-state index in [4.69, 9.17) is 10.2 Å². The SMILES string of the molecule is Cc1ccc2c(c1)C(C(=O)O)CCN2.Cc1ccc2nccc(C(=O)O)c2c1. The number of carbonyl (C=O) groups is 2. The van der Waals surface area contributed by atoms with Crippen molar-refractivity contribution in [2.75, 3.05) is 11.9 Å².